The summed E-state index contributed by atoms with van der Waals surface area (Å²) in [5, 5.41) is 7.25. The van der Waals surface area contributed by atoms with Gasteiger partial charge >= 0.3 is 0 Å². The van der Waals surface area contributed by atoms with E-state index >= 15 is 0 Å². The molecule has 2 unspecified atom stereocenters. The Morgan fingerprint density at radius 2 is 1.91 bits per heavy atom. The Kier molecular flexibility index (Phi) is 5.62. The van der Waals surface area contributed by atoms with E-state index in [0.29, 0.717) is 18.8 Å². The number of amides is 2. The topological polar surface area (TPSA) is 92.1 Å². The van der Waals surface area contributed by atoms with Crippen LogP contribution in [0, 0.1) is 5.92 Å². The fraction of sp³-hybridized carbons (Fsp3) is 0.417. The highest BCUT2D eigenvalue weighted by Gasteiger charge is 2.29. The van der Waals surface area contributed by atoms with Gasteiger partial charge in [-0.15, -0.1) is 0 Å². The van der Waals surface area contributed by atoms with Gasteiger partial charge in [0.15, 0.2) is 0 Å². The quantitative estimate of drug-likeness (QED) is 0.642. The average molecular weight is 449 g/mol. The molecular formula is C24H28N6O3. The van der Waals surface area contributed by atoms with Crippen LogP contribution in [0.4, 0.5) is 5.69 Å². The molecule has 2 aliphatic rings. The van der Waals surface area contributed by atoms with Crippen LogP contribution in [0.5, 0.6) is 5.88 Å². The molecule has 0 spiro atoms. The lowest BCUT2D eigenvalue weighted by Gasteiger charge is -2.35. The molecule has 0 radical (unpaired) electrons. The van der Waals surface area contributed by atoms with Crippen LogP contribution in [-0.4, -0.2) is 70.1 Å². The number of benzene rings is 1. The number of anilines is 1. The lowest BCUT2D eigenvalue weighted by molar-refractivity contribution is -0.129. The fourth-order valence-corrected chi connectivity index (χ4v) is 4.48. The highest BCUT2D eigenvalue weighted by atomic mass is 16.5. The van der Waals surface area contributed by atoms with Gasteiger partial charge in [-0.2, -0.15) is 5.10 Å². The zero-order valence-electron chi connectivity index (χ0n) is 18.9. The first-order valence-electron chi connectivity index (χ1n) is 11.4. The molecule has 9 heteroatoms. The molecule has 2 aliphatic heterocycles. The van der Waals surface area contributed by atoms with Crippen molar-refractivity contribution >= 4 is 23.0 Å². The minimum atomic E-state index is -0.151. The van der Waals surface area contributed by atoms with Crippen LogP contribution in [0.3, 0.4) is 0 Å². The number of nitrogens with zero attached hydrogens (tertiary/aromatic N) is 5. The molecule has 1 N–H and O–H groups in total. The number of piperazine rings is 1. The lowest BCUT2D eigenvalue weighted by atomic mass is 10.0. The van der Waals surface area contributed by atoms with Crippen LogP contribution < -0.4 is 15.0 Å². The number of rotatable bonds is 5. The maximum Gasteiger partial charge on any atom is 0.240 e. The van der Waals surface area contributed by atoms with Crippen molar-refractivity contribution in [1.82, 2.24) is 24.8 Å². The SMILES string of the molecule is CC(=O)N1CCN(c2ccc(-c3cn4nccc4c(OC(C)C4CNC(=O)C4)n3)cc2)CC1. The molecule has 4 heterocycles. The van der Waals surface area contributed by atoms with Crippen molar-refractivity contribution in [3.05, 3.63) is 42.7 Å². The van der Waals surface area contributed by atoms with Crippen molar-refractivity contribution in [2.75, 3.05) is 37.6 Å². The maximum atomic E-state index is 11.6. The van der Waals surface area contributed by atoms with Gasteiger partial charge < -0.3 is 19.9 Å². The predicted octanol–water partition coefficient (Wildman–Crippen LogP) is 1.97. The van der Waals surface area contributed by atoms with Gasteiger partial charge in [-0.1, -0.05) is 12.1 Å². The molecule has 2 saturated heterocycles. The number of carbonyl (C=O) groups excluding carboxylic acids is 2. The second-order valence-corrected chi connectivity index (χ2v) is 8.72. The van der Waals surface area contributed by atoms with Crippen molar-refractivity contribution in [3.63, 3.8) is 0 Å². The van der Waals surface area contributed by atoms with E-state index in [0.717, 1.165) is 48.6 Å². The number of hydrogen-bond acceptors (Lipinski definition) is 6. The van der Waals surface area contributed by atoms with Gasteiger partial charge in [0.05, 0.1) is 18.1 Å². The third kappa shape index (κ3) is 4.35. The van der Waals surface area contributed by atoms with Gasteiger partial charge in [-0.25, -0.2) is 9.50 Å². The number of ether oxygens (including phenoxy) is 1. The van der Waals surface area contributed by atoms with Crippen molar-refractivity contribution in [1.29, 1.82) is 0 Å². The van der Waals surface area contributed by atoms with Gasteiger partial charge in [0.25, 0.3) is 0 Å². The van der Waals surface area contributed by atoms with Crippen LogP contribution in [0.1, 0.15) is 20.3 Å². The zero-order valence-corrected chi connectivity index (χ0v) is 18.9. The Morgan fingerprint density at radius 3 is 2.58 bits per heavy atom. The molecule has 2 amide bonds. The second kappa shape index (κ2) is 8.73. The van der Waals surface area contributed by atoms with Gasteiger partial charge in [0.2, 0.25) is 17.7 Å². The molecule has 0 aliphatic carbocycles. The summed E-state index contributed by atoms with van der Waals surface area (Å²) in [6, 6.07) is 10.2. The number of aromatic nitrogens is 3. The summed E-state index contributed by atoms with van der Waals surface area (Å²) in [4.78, 5) is 32.1. The molecule has 0 saturated carbocycles. The third-order valence-corrected chi connectivity index (χ3v) is 6.58. The molecule has 5 rings (SSSR count). The predicted molar refractivity (Wildman–Crippen MR) is 124 cm³/mol. The molecule has 0 bridgehead atoms. The molecule has 9 nitrogen and oxygen atoms in total. The fourth-order valence-electron chi connectivity index (χ4n) is 4.48. The normalized spacial score (nSPS) is 19.6. The summed E-state index contributed by atoms with van der Waals surface area (Å²) >= 11 is 0. The molecule has 33 heavy (non-hydrogen) atoms. The Hall–Kier alpha value is -3.62. The first-order chi connectivity index (χ1) is 16.0. The molecule has 2 fully saturated rings. The number of fused-ring (bicyclic) bond motifs is 1. The molecule has 3 aromatic rings. The van der Waals surface area contributed by atoms with Gasteiger partial charge in [-0.05, 0) is 25.1 Å². The Balaban J connectivity index is 1.35. The van der Waals surface area contributed by atoms with Gasteiger partial charge in [-0.3, -0.25) is 9.59 Å². The van der Waals surface area contributed by atoms with Crippen molar-refractivity contribution in [3.8, 4) is 17.1 Å². The monoisotopic (exact) mass is 448 g/mol. The third-order valence-electron chi connectivity index (χ3n) is 6.58. The van der Waals surface area contributed by atoms with E-state index in [4.69, 9.17) is 9.72 Å². The summed E-state index contributed by atoms with van der Waals surface area (Å²) in [7, 11) is 0. The molecule has 1 aromatic carbocycles. The van der Waals surface area contributed by atoms with E-state index < -0.39 is 0 Å². The molecule has 2 aromatic heterocycles. The van der Waals surface area contributed by atoms with Crippen LogP contribution in [0.25, 0.3) is 16.8 Å². The standard InChI is InChI=1S/C24H28N6O3/c1-16(19-13-23(32)25-14-19)33-24-22-7-8-26-30(22)15-21(27-24)18-3-5-20(6-4-18)29-11-9-28(10-12-29)17(2)31/h3-8,15-16,19H,9-14H2,1-2H3,(H,25,32). The van der Waals surface area contributed by atoms with Gasteiger partial charge in [0.1, 0.15) is 11.6 Å². The number of carbonyl (C=O) groups is 2. The summed E-state index contributed by atoms with van der Waals surface area (Å²) in [6.07, 6.45) is 3.94. The van der Waals surface area contributed by atoms with E-state index in [2.05, 4.69) is 39.6 Å². The summed E-state index contributed by atoms with van der Waals surface area (Å²) in [5.41, 5.74) is 3.66. The van der Waals surface area contributed by atoms with Crippen molar-refractivity contribution in [2.45, 2.75) is 26.4 Å². The van der Waals surface area contributed by atoms with Crippen LogP contribution in [0.15, 0.2) is 42.7 Å². The smallest absolute Gasteiger partial charge is 0.240 e. The molecule has 172 valence electrons. The maximum absolute atomic E-state index is 11.6. The van der Waals surface area contributed by atoms with E-state index in [1.54, 1.807) is 17.6 Å². The van der Waals surface area contributed by atoms with Crippen molar-refractivity contribution < 1.29 is 14.3 Å². The summed E-state index contributed by atoms with van der Waals surface area (Å²) in [6.45, 7) is 7.36. The van der Waals surface area contributed by atoms with Crippen molar-refractivity contribution in [2.24, 2.45) is 5.92 Å². The van der Waals surface area contributed by atoms with E-state index in [9.17, 15) is 9.59 Å². The Labute approximate surface area is 192 Å². The number of nitrogens with one attached hydrogen (secondary N) is 1. The largest absolute Gasteiger partial charge is 0.473 e. The minimum Gasteiger partial charge on any atom is -0.473 e. The van der Waals surface area contributed by atoms with Crippen LogP contribution in [0.2, 0.25) is 0 Å². The first kappa shape index (κ1) is 21.2. The highest BCUT2D eigenvalue weighted by molar-refractivity contribution is 5.78. The zero-order chi connectivity index (χ0) is 22.9. The number of hydrogen-bond donors (Lipinski definition) is 1. The second-order valence-electron chi connectivity index (χ2n) is 8.72. The van der Waals surface area contributed by atoms with E-state index in [1.807, 2.05) is 24.1 Å². The van der Waals surface area contributed by atoms with E-state index in [-0.39, 0.29) is 23.8 Å². The molecular weight excluding hydrogens is 420 g/mol. The Bertz CT molecular complexity index is 1170. The van der Waals surface area contributed by atoms with Crippen LogP contribution >= 0.6 is 0 Å². The summed E-state index contributed by atoms with van der Waals surface area (Å²) < 4.78 is 8.00. The Morgan fingerprint density at radius 1 is 1.15 bits per heavy atom. The lowest BCUT2D eigenvalue weighted by Crippen LogP contribution is -2.48. The van der Waals surface area contributed by atoms with Gasteiger partial charge in [0, 0.05) is 63.2 Å². The highest BCUT2D eigenvalue weighted by Crippen LogP contribution is 2.28. The molecule has 2 atom stereocenters. The minimum absolute atomic E-state index is 0.0643. The average Bonchev–Trinajstić information content (AvgIpc) is 3.48. The first-order valence-corrected chi connectivity index (χ1v) is 11.4. The summed E-state index contributed by atoms with van der Waals surface area (Å²) in [5.74, 6) is 0.831. The van der Waals surface area contributed by atoms with E-state index in [1.165, 1.54) is 0 Å². The van der Waals surface area contributed by atoms with Crippen LogP contribution in [-0.2, 0) is 9.59 Å².